The summed E-state index contributed by atoms with van der Waals surface area (Å²) in [5, 5.41) is 4.16. The van der Waals surface area contributed by atoms with Crippen molar-refractivity contribution in [3.63, 3.8) is 0 Å². The van der Waals surface area contributed by atoms with Gasteiger partial charge in [0.05, 0.1) is 21.8 Å². The van der Waals surface area contributed by atoms with Gasteiger partial charge in [0.2, 0.25) is 5.82 Å². The number of rotatable bonds is 2. The van der Waals surface area contributed by atoms with Crippen molar-refractivity contribution in [2.75, 3.05) is 5.73 Å². The van der Waals surface area contributed by atoms with Crippen LogP contribution in [0.4, 0.5) is 23.4 Å². The van der Waals surface area contributed by atoms with Crippen LogP contribution >= 0.6 is 34.2 Å². The lowest BCUT2D eigenvalue weighted by Crippen LogP contribution is -2.12. The molecule has 1 aromatic carbocycles. The maximum atomic E-state index is 13.2. The number of halogens is 6. The predicted molar refractivity (Wildman–Crippen MR) is 88.6 cm³/mol. The van der Waals surface area contributed by atoms with Crippen molar-refractivity contribution in [2.24, 2.45) is 0 Å². The van der Waals surface area contributed by atoms with Crippen LogP contribution in [0.15, 0.2) is 18.2 Å². The minimum atomic E-state index is -4.82. The first kappa shape index (κ1) is 17.1. The van der Waals surface area contributed by atoms with Crippen molar-refractivity contribution in [1.82, 2.24) is 19.7 Å². The molecule has 0 aliphatic heterocycles. The minimum Gasteiger partial charge on any atom is -0.383 e. The molecule has 2 aromatic heterocycles. The maximum absolute atomic E-state index is 13.2. The van der Waals surface area contributed by atoms with Crippen molar-refractivity contribution in [2.45, 2.75) is 12.9 Å². The summed E-state index contributed by atoms with van der Waals surface area (Å²) < 4.78 is 53.6. The lowest BCUT2D eigenvalue weighted by molar-refractivity contribution is -0.144. The quantitative estimate of drug-likeness (QED) is 0.451. The molecule has 0 aliphatic carbocycles. The predicted octanol–water partition coefficient (Wildman–Crippen LogP) is 4.14. The second kappa shape index (κ2) is 5.99. The molecule has 0 atom stereocenters. The summed E-state index contributed by atoms with van der Waals surface area (Å²) in [4.78, 5) is 6.57. The second-order valence-corrected chi connectivity index (χ2v) is 6.37. The Bertz CT molecular complexity index is 940. The molecule has 0 aliphatic rings. The second-order valence-electron chi connectivity index (χ2n) is 4.72. The van der Waals surface area contributed by atoms with E-state index in [-0.39, 0.29) is 21.9 Å². The normalized spacial score (nSPS) is 12.1. The molecule has 0 bridgehead atoms. The van der Waals surface area contributed by atoms with Crippen LogP contribution < -0.4 is 5.73 Å². The number of fused-ring (bicyclic) bond motifs is 1. The van der Waals surface area contributed by atoms with E-state index in [0.717, 1.165) is 8.25 Å². The zero-order chi connectivity index (χ0) is 17.6. The Balaban J connectivity index is 2.30. The summed E-state index contributed by atoms with van der Waals surface area (Å²) in [6, 6.07) is 4.95. The number of aromatic nitrogens is 4. The SMILES string of the molecule is Nc1c2c(CF)nc(C(F)(F)F)nc2nn1-c1ccc(I)cc1Cl. The number of nitrogens with zero attached hydrogens (tertiary/aromatic N) is 4. The van der Waals surface area contributed by atoms with Gasteiger partial charge in [0.15, 0.2) is 5.65 Å². The van der Waals surface area contributed by atoms with Gasteiger partial charge >= 0.3 is 6.18 Å². The Labute approximate surface area is 151 Å². The standard InChI is InChI=1S/C13H7ClF4IN5/c14-6-3-5(19)1-2-8(6)24-10(20)9-7(4-15)21-12(13(16,17)18)22-11(9)23-24/h1-3H,4,20H2. The number of anilines is 1. The number of benzene rings is 1. The largest absolute Gasteiger partial charge is 0.451 e. The summed E-state index contributed by atoms with van der Waals surface area (Å²) in [7, 11) is 0. The average Bonchev–Trinajstić information content (AvgIpc) is 2.82. The molecule has 126 valence electrons. The smallest absolute Gasteiger partial charge is 0.383 e. The Morgan fingerprint density at radius 2 is 1.96 bits per heavy atom. The zero-order valence-corrected chi connectivity index (χ0v) is 14.5. The van der Waals surface area contributed by atoms with Crippen LogP contribution in [0.3, 0.4) is 0 Å². The maximum Gasteiger partial charge on any atom is 0.451 e. The molecule has 2 heterocycles. The van der Waals surface area contributed by atoms with E-state index in [1.165, 1.54) is 0 Å². The number of alkyl halides is 4. The first-order valence-corrected chi connectivity index (χ1v) is 7.81. The molecule has 0 saturated heterocycles. The minimum absolute atomic E-state index is 0.0693. The van der Waals surface area contributed by atoms with Crippen LogP contribution in [0.2, 0.25) is 5.02 Å². The number of nitrogen functional groups attached to an aromatic ring is 1. The lowest BCUT2D eigenvalue weighted by atomic mass is 10.2. The highest BCUT2D eigenvalue weighted by molar-refractivity contribution is 14.1. The van der Waals surface area contributed by atoms with E-state index in [1.807, 2.05) is 22.6 Å². The van der Waals surface area contributed by atoms with E-state index in [1.54, 1.807) is 18.2 Å². The third-order valence-corrected chi connectivity index (χ3v) is 4.14. The third-order valence-electron chi connectivity index (χ3n) is 3.16. The summed E-state index contributed by atoms with van der Waals surface area (Å²) in [6.45, 7) is -1.24. The van der Waals surface area contributed by atoms with Crippen molar-refractivity contribution >= 4 is 51.0 Å². The van der Waals surface area contributed by atoms with Gasteiger partial charge in [0.25, 0.3) is 0 Å². The molecule has 0 amide bonds. The Hall–Kier alpha value is -1.69. The van der Waals surface area contributed by atoms with Crippen LogP contribution in [-0.4, -0.2) is 19.7 Å². The highest BCUT2D eigenvalue weighted by atomic mass is 127. The first-order chi connectivity index (χ1) is 11.2. The molecule has 0 radical (unpaired) electrons. The Morgan fingerprint density at radius 1 is 1.25 bits per heavy atom. The zero-order valence-electron chi connectivity index (χ0n) is 11.6. The number of hydrogen-bond donors (Lipinski definition) is 1. The Kier molecular flexibility index (Phi) is 4.28. The topological polar surface area (TPSA) is 69.6 Å². The van der Waals surface area contributed by atoms with Crippen LogP contribution in [0.1, 0.15) is 11.5 Å². The highest BCUT2D eigenvalue weighted by Crippen LogP contribution is 2.33. The average molecular weight is 472 g/mol. The molecular formula is C13H7ClF4IN5. The van der Waals surface area contributed by atoms with Gasteiger partial charge in [0.1, 0.15) is 12.5 Å². The third kappa shape index (κ3) is 2.88. The lowest BCUT2D eigenvalue weighted by Gasteiger charge is -2.07. The van der Waals surface area contributed by atoms with E-state index in [4.69, 9.17) is 17.3 Å². The van der Waals surface area contributed by atoms with Gasteiger partial charge in [-0.1, -0.05) is 11.6 Å². The molecule has 2 N–H and O–H groups in total. The summed E-state index contributed by atoms with van der Waals surface area (Å²) in [5.74, 6) is -1.56. The van der Waals surface area contributed by atoms with Crippen LogP contribution in [-0.2, 0) is 12.9 Å². The molecular weight excluding hydrogens is 465 g/mol. The number of hydrogen-bond acceptors (Lipinski definition) is 4. The van der Waals surface area contributed by atoms with Gasteiger partial charge in [-0.05, 0) is 40.8 Å². The van der Waals surface area contributed by atoms with Crippen molar-refractivity contribution < 1.29 is 17.6 Å². The fraction of sp³-hybridized carbons (Fsp3) is 0.154. The van der Waals surface area contributed by atoms with Gasteiger partial charge in [-0.2, -0.15) is 13.2 Å². The molecule has 3 aromatic rings. The van der Waals surface area contributed by atoms with E-state index >= 15 is 0 Å². The monoisotopic (exact) mass is 471 g/mol. The first-order valence-electron chi connectivity index (χ1n) is 6.36. The molecule has 5 nitrogen and oxygen atoms in total. The molecule has 0 fully saturated rings. The van der Waals surface area contributed by atoms with Gasteiger partial charge in [-0.15, -0.1) is 5.10 Å². The summed E-state index contributed by atoms with van der Waals surface area (Å²) in [5.41, 5.74) is 5.44. The van der Waals surface area contributed by atoms with Crippen molar-refractivity contribution in [1.29, 1.82) is 0 Å². The van der Waals surface area contributed by atoms with Gasteiger partial charge < -0.3 is 5.73 Å². The van der Waals surface area contributed by atoms with E-state index in [9.17, 15) is 17.6 Å². The van der Waals surface area contributed by atoms with Crippen molar-refractivity contribution in [3.05, 3.63) is 38.3 Å². The molecule has 3 rings (SSSR count). The molecule has 0 spiro atoms. The number of nitrogens with two attached hydrogens (primary N) is 1. The molecule has 24 heavy (non-hydrogen) atoms. The summed E-state index contributed by atoms with van der Waals surface area (Å²) in [6.07, 6.45) is -4.82. The molecule has 11 heteroatoms. The van der Waals surface area contributed by atoms with Crippen LogP contribution in [0.25, 0.3) is 16.7 Å². The van der Waals surface area contributed by atoms with Gasteiger partial charge in [0, 0.05) is 3.57 Å². The fourth-order valence-corrected chi connectivity index (χ4v) is 3.08. The Morgan fingerprint density at radius 3 is 2.54 bits per heavy atom. The fourth-order valence-electron chi connectivity index (χ4n) is 2.14. The van der Waals surface area contributed by atoms with Gasteiger partial charge in [-0.3, -0.25) is 0 Å². The van der Waals surface area contributed by atoms with Gasteiger partial charge in [-0.25, -0.2) is 19.0 Å². The highest BCUT2D eigenvalue weighted by Gasteiger charge is 2.36. The van der Waals surface area contributed by atoms with Crippen LogP contribution in [0.5, 0.6) is 0 Å². The van der Waals surface area contributed by atoms with Crippen LogP contribution in [0, 0.1) is 3.57 Å². The van der Waals surface area contributed by atoms with E-state index in [2.05, 4.69) is 15.1 Å². The van der Waals surface area contributed by atoms with Crippen molar-refractivity contribution in [3.8, 4) is 5.69 Å². The molecule has 0 saturated carbocycles. The van der Waals surface area contributed by atoms with E-state index < -0.39 is 24.4 Å². The van der Waals surface area contributed by atoms with E-state index in [0.29, 0.717) is 5.69 Å². The summed E-state index contributed by atoms with van der Waals surface area (Å²) >= 11 is 8.18. The molecule has 0 unspecified atom stereocenters.